The quantitative estimate of drug-likeness (QED) is 0.498. The number of hydrogen-bond donors (Lipinski definition) is 4. The van der Waals surface area contributed by atoms with Crippen LogP contribution >= 0.6 is 0 Å². The van der Waals surface area contributed by atoms with E-state index in [0.717, 1.165) is 44.3 Å². The molecule has 0 radical (unpaired) electrons. The van der Waals surface area contributed by atoms with Gasteiger partial charge < -0.3 is 25.8 Å². The third kappa shape index (κ3) is 6.93. The SMILES string of the molecule is CC(C)(C)OC(=O)NC1(C(=O)NC(Cc2ccc(C3CCCNC3)cc2)C(=O)O)CCCC1. The minimum Gasteiger partial charge on any atom is -0.480 e. The minimum atomic E-state index is -1.14. The van der Waals surface area contributed by atoms with Crippen LogP contribution in [0.1, 0.15) is 76.3 Å². The van der Waals surface area contributed by atoms with Crippen LogP contribution < -0.4 is 16.0 Å². The van der Waals surface area contributed by atoms with E-state index in [1.165, 1.54) is 5.56 Å². The molecule has 1 aliphatic carbocycles. The molecule has 1 saturated heterocycles. The number of hydrogen-bond acceptors (Lipinski definition) is 5. The monoisotopic (exact) mass is 459 g/mol. The number of carbonyl (C=O) groups is 3. The van der Waals surface area contributed by atoms with E-state index < -0.39 is 35.2 Å². The number of rotatable bonds is 7. The molecule has 0 spiro atoms. The zero-order valence-electron chi connectivity index (χ0n) is 19.9. The lowest BCUT2D eigenvalue weighted by atomic mass is 9.90. The van der Waals surface area contributed by atoms with Crippen molar-refractivity contribution in [2.75, 3.05) is 13.1 Å². The van der Waals surface area contributed by atoms with Gasteiger partial charge in [0, 0.05) is 13.0 Å². The van der Waals surface area contributed by atoms with Gasteiger partial charge in [-0.25, -0.2) is 9.59 Å². The summed E-state index contributed by atoms with van der Waals surface area (Å²) in [5.41, 5.74) is 0.252. The van der Waals surface area contributed by atoms with Gasteiger partial charge in [0.05, 0.1) is 0 Å². The van der Waals surface area contributed by atoms with E-state index in [2.05, 4.69) is 28.1 Å². The molecule has 2 fully saturated rings. The van der Waals surface area contributed by atoms with Crippen molar-refractivity contribution in [1.82, 2.24) is 16.0 Å². The van der Waals surface area contributed by atoms with Crippen molar-refractivity contribution >= 4 is 18.0 Å². The molecule has 8 nitrogen and oxygen atoms in total. The third-order valence-corrected chi connectivity index (χ3v) is 6.42. The lowest BCUT2D eigenvalue weighted by molar-refractivity contribution is -0.142. The normalized spacial score (nSPS) is 21.1. The fraction of sp³-hybridized carbons (Fsp3) is 0.640. The highest BCUT2D eigenvalue weighted by atomic mass is 16.6. The van der Waals surface area contributed by atoms with Gasteiger partial charge in [-0.2, -0.15) is 0 Å². The first kappa shape index (κ1) is 25.0. The Morgan fingerprint density at radius 1 is 1.15 bits per heavy atom. The summed E-state index contributed by atoms with van der Waals surface area (Å²) in [6.07, 6.45) is 4.26. The summed E-state index contributed by atoms with van der Waals surface area (Å²) < 4.78 is 5.33. The number of amides is 2. The van der Waals surface area contributed by atoms with Crippen LogP contribution in [0.3, 0.4) is 0 Å². The van der Waals surface area contributed by atoms with E-state index in [4.69, 9.17) is 4.74 Å². The summed E-state index contributed by atoms with van der Waals surface area (Å²) in [6.45, 7) is 7.28. The smallest absolute Gasteiger partial charge is 0.408 e. The van der Waals surface area contributed by atoms with E-state index in [0.29, 0.717) is 18.8 Å². The van der Waals surface area contributed by atoms with Crippen LogP contribution in [0.4, 0.5) is 4.79 Å². The fourth-order valence-corrected chi connectivity index (χ4v) is 4.68. The highest BCUT2D eigenvalue weighted by molar-refractivity contribution is 5.93. The first-order valence-corrected chi connectivity index (χ1v) is 11.9. The molecular formula is C25H37N3O5. The number of carbonyl (C=O) groups excluding carboxylic acids is 2. The Morgan fingerprint density at radius 3 is 2.36 bits per heavy atom. The number of piperidine rings is 1. The van der Waals surface area contributed by atoms with Crippen LogP contribution in [0.2, 0.25) is 0 Å². The van der Waals surface area contributed by atoms with Gasteiger partial charge in [0.15, 0.2) is 0 Å². The van der Waals surface area contributed by atoms with Gasteiger partial charge in [-0.05, 0) is 70.0 Å². The van der Waals surface area contributed by atoms with Gasteiger partial charge in [-0.1, -0.05) is 37.1 Å². The van der Waals surface area contributed by atoms with E-state index in [1.807, 2.05) is 12.1 Å². The average molecular weight is 460 g/mol. The van der Waals surface area contributed by atoms with Crippen LogP contribution in [-0.2, 0) is 20.7 Å². The summed E-state index contributed by atoms with van der Waals surface area (Å²) in [5.74, 6) is -1.10. The summed E-state index contributed by atoms with van der Waals surface area (Å²) >= 11 is 0. The van der Waals surface area contributed by atoms with Gasteiger partial charge in [0.2, 0.25) is 5.91 Å². The highest BCUT2D eigenvalue weighted by Crippen LogP contribution is 2.31. The number of nitrogens with one attached hydrogen (secondary N) is 3. The largest absolute Gasteiger partial charge is 0.480 e. The second-order valence-electron chi connectivity index (χ2n) is 10.3. The molecule has 1 heterocycles. The lowest BCUT2D eigenvalue weighted by Crippen LogP contribution is -2.60. The van der Waals surface area contributed by atoms with Gasteiger partial charge >= 0.3 is 12.1 Å². The first-order valence-electron chi connectivity index (χ1n) is 11.9. The Kier molecular flexibility index (Phi) is 8.00. The van der Waals surface area contributed by atoms with Gasteiger partial charge in [-0.3, -0.25) is 4.79 Å². The van der Waals surface area contributed by atoms with Crippen molar-refractivity contribution in [2.24, 2.45) is 0 Å². The van der Waals surface area contributed by atoms with Crippen LogP contribution in [0, 0.1) is 0 Å². The molecule has 2 aliphatic rings. The number of benzene rings is 1. The fourth-order valence-electron chi connectivity index (χ4n) is 4.68. The Bertz CT molecular complexity index is 835. The highest BCUT2D eigenvalue weighted by Gasteiger charge is 2.44. The summed E-state index contributed by atoms with van der Waals surface area (Å²) in [5, 5.41) is 18.6. The third-order valence-electron chi connectivity index (χ3n) is 6.42. The van der Waals surface area contributed by atoms with Crippen LogP contribution in [0.5, 0.6) is 0 Å². The van der Waals surface area contributed by atoms with Crippen molar-refractivity contribution in [3.05, 3.63) is 35.4 Å². The predicted octanol–water partition coefficient (Wildman–Crippen LogP) is 3.10. The van der Waals surface area contributed by atoms with Crippen molar-refractivity contribution in [3.8, 4) is 0 Å². The molecule has 4 N–H and O–H groups in total. The minimum absolute atomic E-state index is 0.173. The molecule has 3 rings (SSSR count). The maximum atomic E-state index is 13.2. The summed E-state index contributed by atoms with van der Waals surface area (Å²) in [6, 6.07) is 6.90. The molecule has 0 aromatic heterocycles. The van der Waals surface area contributed by atoms with E-state index >= 15 is 0 Å². The Morgan fingerprint density at radius 2 is 1.82 bits per heavy atom. The van der Waals surface area contributed by atoms with Gasteiger partial charge in [0.1, 0.15) is 17.2 Å². The number of aliphatic carboxylic acids is 1. The zero-order chi connectivity index (χ0) is 24.1. The Labute approximate surface area is 195 Å². The maximum Gasteiger partial charge on any atom is 0.408 e. The average Bonchev–Trinajstić information content (AvgIpc) is 3.22. The molecule has 33 heavy (non-hydrogen) atoms. The van der Waals surface area contributed by atoms with Crippen LogP contribution in [-0.4, -0.2) is 53.3 Å². The number of carboxylic acids is 1. The molecular weight excluding hydrogens is 422 g/mol. The molecule has 1 aromatic rings. The molecule has 8 heteroatoms. The molecule has 182 valence electrons. The molecule has 1 aromatic carbocycles. The van der Waals surface area contributed by atoms with Gasteiger partial charge in [0.25, 0.3) is 0 Å². The second kappa shape index (κ2) is 10.5. The van der Waals surface area contributed by atoms with E-state index in [9.17, 15) is 19.5 Å². The van der Waals surface area contributed by atoms with Gasteiger partial charge in [-0.15, -0.1) is 0 Å². The molecule has 2 unspecified atom stereocenters. The Balaban J connectivity index is 1.65. The molecule has 0 bridgehead atoms. The van der Waals surface area contributed by atoms with Crippen molar-refractivity contribution in [2.45, 2.75) is 88.8 Å². The molecule has 2 atom stereocenters. The first-order chi connectivity index (χ1) is 15.6. The van der Waals surface area contributed by atoms with E-state index in [-0.39, 0.29) is 6.42 Å². The number of carboxylic acid groups (broad SMARTS) is 1. The second-order valence-corrected chi connectivity index (χ2v) is 10.3. The lowest BCUT2D eigenvalue weighted by Gasteiger charge is -2.31. The molecule has 1 aliphatic heterocycles. The number of alkyl carbamates (subject to hydrolysis) is 1. The predicted molar refractivity (Wildman–Crippen MR) is 125 cm³/mol. The number of ether oxygens (including phenoxy) is 1. The van der Waals surface area contributed by atoms with Crippen molar-refractivity contribution in [1.29, 1.82) is 0 Å². The summed E-state index contributed by atoms with van der Waals surface area (Å²) in [4.78, 5) is 37.5. The standard InChI is InChI=1S/C25H37N3O5/c1-24(2,3)33-23(32)28-25(12-4-5-13-25)22(31)27-20(21(29)30)15-17-8-10-18(11-9-17)19-7-6-14-26-16-19/h8-11,19-20,26H,4-7,12-16H2,1-3H3,(H,27,31)(H,28,32)(H,29,30). The summed E-state index contributed by atoms with van der Waals surface area (Å²) in [7, 11) is 0. The van der Waals surface area contributed by atoms with E-state index in [1.54, 1.807) is 20.8 Å². The Hall–Kier alpha value is -2.61. The van der Waals surface area contributed by atoms with Crippen LogP contribution in [0.15, 0.2) is 24.3 Å². The van der Waals surface area contributed by atoms with Crippen molar-refractivity contribution in [3.63, 3.8) is 0 Å². The van der Waals surface area contributed by atoms with Crippen molar-refractivity contribution < 1.29 is 24.2 Å². The molecule has 2 amide bonds. The maximum absolute atomic E-state index is 13.2. The molecule has 1 saturated carbocycles. The topological polar surface area (TPSA) is 117 Å². The zero-order valence-corrected chi connectivity index (χ0v) is 19.9. The van der Waals surface area contributed by atoms with Crippen LogP contribution in [0.25, 0.3) is 0 Å².